The van der Waals surface area contributed by atoms with Gasteiger partial charge in [0.25, 0.3) is 0 Å². The Labute approximate surface area is 174 Å². The molecule has 1 aliphatic heterocycles. The van der Waals surface area contributed by atoms with Crippen LogP contribution in [0.25, 0.3) is 27.6 Å². The molecule has 0 atom stereocenters. The van der Waals surface area contributed by atoms with Crippen molar-refractivity contribution >= 4 is 33.7 Å². The van der Waals surface area contributed by atoms with Gasteiger partial charge < -0.3 is 0 Å². The standard InChI is InChI=1S/C26H20N2S/c1-26(2)21-12-6-10-19-20-11-7-15-27-25(20)28(24(19)21)23-14-13-18(16-22(23)26)29-17-8-4-3-5-9-17/h3-16H,1-2H3. The van der Waals surface area contributed by atoms with Gasteiger partial charge in [-0.1, -0.05) is 62.0 Å². The number of nitrogens with zero attached hydrogens (tertiary/aromatic N) is 2. The van der Waals surface area contributed by atoms with Gasteiger partial charge in [-0.05, 0) is 53.6 Å². The van der Waals surface area contributed by atoms with E-state index in [4.69, 9.17) is 4.98 Å². The highest BCUT2D eigenvalue weighted by Gasteiger charge is 2.35. The number of aromatic nitrogens is 2. The summed E-state index contributed by atoms with van der Waals surface area (Å²) < 4.78 is 2.36. The fourth-order valence-corrected chi connectivity index (χ4v) is 5.55. The van der Waals surface area contributed by atoms with Gasteiger partial charge in [-0.15, -0.1) is 0 Å². The van der Waals surface area contributed by atoms with Gasteiger partial charge in [0.05, 0.1) is 11.2 Å². The van der Waals surface area contributed by atoms with Gasteiger partial charge in [-0.25, -0.2) is 4.98 Å². The number of rotatable bonds is 2. The first kappa shape index (κ1) is 16.9. The molecule has 1 aliphatic rings. The van der Waals surface area contributed by atoms with Crippen LogP contribution in [0.4, 0.5) is 0 Å². The number of hydrogen-bond acceptors (Lipinski definition) is 2. The summed E-state index contributed by atoms with van der Waals surface area (Å²) in [6.07, 6.45) is 1.89. The lowest BCUT2D eigenvalue weighted by Gasteiger charge is -2.34. The summed E-state index contributed by atoms with van der Waals surface area (Å²) in [7, 11) is 0. The number of fused-ring (bicyclic) bond motifs is 5. The van der Waals surface area contributed by atoms with Crippen LogP contribution in [0.1, 0.15) is 25.0 Å². The van der Waals surface area contributed by atoms with Gasteiger partial charge >= 0.3 is 0 Å². The molecular weight excluding hydrogens is 372 g/mol. The molecule has 0 bridgehead atoms. The lowest BCUT2D eigenvalue weighted by atomic mass is 9.75. The minimum atomic E-state index is -0.0769. The van der Waals surface area contributed by atoms with Crippen molar-refractivity contribution < 1.29 is 0 Å². The van der Waals surface area contributed by atoms with Crippen molar-refractivity contribution in [2.75, 3.05) is 0 Å². The second-order valence-electron chi connectivity index (χ2n) is 8.13. The summed E-state index contributed by atoms with van der Waals surface area (Å²) in [6, 6.07) is 28.3. The Balaban J connectivity index is 1.65. The second-order valence-corrected chi connectivity index (χ2v) is 9.28. The van der Waals surface area contributed by atoms with E-state index in [9.17, 15) is 0 Å². The molecular formula is C26H20N2S. The number of pyridine rings is 1. The van der Waals surface area contributed by atoms with Crippen LogP contribution in [0.5, 0.6) is 0 Å². The molecule has 0 aliphatic carbocycles. The zero-order valence-electron chi connectivity index (χ0n) is 16.4. The van der Waals surface area contributed by atoms with Crippen LogP contribution in [0.15, 0.2) is 94.9 Å². The summed E-state index contributed by atoms with van der Waals surface area (Å²) in [5.74, 6) is 0. The van der Waals surface area contributed by atoms with Gasteiger partial charge in [0, 0.05) is 32.2 Å². The van der Waals surface area contributed by atoms with E-state index in [2.05, 4.69) is 91.2 Å². The maximum absolute atomic E-state index is 4.76. The van der Waals surface area contributed by atoms with Crippen molar-refractivity contribution in [1.29, 1.82) is 0 Å². The van der Waals surface area contributed by atoms with E-state index >= 15 is 0 Å². The second kappa shape index (κ2) is 5.98. The Kier molecular flexibility index (Phi) is 3.48. The Hall–Kier alpha value is -3.04. The first-order valence-electron chi connectivity index (χ1n) is 9.91. The molecule has 0 spiro atoms. The monoisotopic (exact) mass is 392 g/mol. The molecule has 0 saturated heterocycles. The average Bonchev–Trinajstić information content (AvgIpc) is 3.08. The summed E-state index contributed by atoms with van der Waals surface area (Å²) >= 11 is 1.82. The molecule has 2 nitrogen and oxygen atoms in total. The molecule has 140 valence electrons. The van der Waals surface area contributed by atoms with Crippen LogP contribution >= 0.6 is 11.8 Å². The van der Waals surface area contributed by atoms with Crippen molar-refractivity contribution in [1.82, 2.24) is 9.55 Å². The highest BCUT2D eigenvalue weighted by atomic mass is 32.2. The van der Waals surface area contributed by atoms with Crippen molar-refractivity contribution in [2.45, 2.75) is 29.1 Å². The highest BCUT2D eigenvalue weighted by Crippen LogP contribution is 2.48. The van der Waals surface area contributed by atoms with Gasteiger partial charge in [-0.2, -0.15) is 0 Å². The van der Waals surface area contributed by atoms with Crippen molar-refractivity contribution in [3.8, 4) is 5.69 Å². The summed E-state index contributed by atoms with van der Waals surface area (Å²) in [6.45, 7) is 4.68. The predicted molar refractivity (Wildman–Crippen MR) is 121 cm³/mol. The van der Waals surface area contributed by atoms with E-state index in [1.165, 1.54) is 42.9 Å². The smallest absolute Gasteiger partial charge is 0.145 e. The highest BCUT2D eigenvalue weighted by molar-refractivity contribution is 7.99. The van der Waals surface area contributed by atoms with E-state index in [0.29, 0.717) is 0 Å². The molecule has 3 heterocycles. The average molecular weight is 393 g/mol. The Morgan fingerprint density at radius 3 is 2.45 bits per heavy atom. The van der Waals surface area contributed by atoms with Crippen LogP contribution in [0.2, 0.25) is 0 Å². The van der Waals surface area contributed by atoms with E-state index in [-0.39, 0.29) is 5.41 Å². The minimum Gasteiger partial charge on any atom is -0.293 e. The number of para-hydroxylation sites is 1. The Morgan fingerprint density at radius 1 is 0.759 bits per heavy atom. The van der Waals surface area contributed by atoms with Gasteiger partial charge in [0.2, 0.25) is 0 Å². The van der Waals surface area contributed by atoms with Crippen LogP contribution in [-0.2, 0) is 5.41 Å². The minimum absolute atomic E-state index is 0.0769. The molecule has 0 radical (unpaired) electrons. The van der Waals surface area contributed by atoms with Crippen LogP contribution in [-0.4, -0.2) is 9.55 Å². The normalized spacial score (nSPS) is 14.3. The molecule has 3 heteroatoms. The predicted octanol–water partition coefficient (Wildman–Crippen LogP) is 6.97. The fraction of sp³-hybridized carbons (Fsp3) is 0.115. The molecule has 0 fully saturated rings. The van der Waals surface area contributed by atoms with E-state index in [0.717, 1.165) is 5.65 Å². The van der Waals surface area contributed by atoms with E-state index < -0.39 is 0 Å². The van der Waals surface area contributed by atoms with Crippen LogP contribution in [0, 0.1) is 0 Å². The topological polar surface area (TPSA) is 17.8 Å². The molecule has 6 rings (SSSR count). The van der Waals surface area contributed by atoms with E-state index in [1.807, 2.05) is 24.0 Å². The van der Waals surface area contributed by atoms with Gasteiger partial charge in [0.1, 0.15) is 5.65 Å². The van der Waals surface area contributed by atoms with Crippen LogP contribution < -0.4 is 0 Å². The summed E-state index contributed by atoms with van der Waals surface area (Å²) in [5.41, 5.74) is 6.21. The zero-order chi connectivity index (χ0) is 19.6. The maximum atomic E-state index is 4.76. The number of benzene rings is 3. The molecule has 0 saturated carbocycles. The van der Waals surface area contributed by atoms with Gasteiger partial charge in [0.15, 0.2) is 0 Å². The first-order chi connectivity index (χ1) is 14.1. The fourth-order valence-electron chi connectivity index (χ4n) is 4.68. The largest absolute Gasteiger partial charge is 0.293 e. The number of hydrogen-bond donors (Lipinski definition) is 0. The Morgan fingerprint density at radius 2 is 1.59 bits per heavy atom. The van der Waals surface area contributed by atoms with Crippen molar-refractivity contribution in [3.63, 3.8) is 0 Å². The molecule has 29 heavy (non-hydrogen) atoms. The molecule has 5 aromatic rings. The van der Waals surface area contributed by atoms with Gasteiger partial charge in [-0.3, -0.25) is 4.57 Å². The molecule has 0 N–H and O–H groups in total. The third kappa shape index (κ3) is 2.34. The molecule has 2 aromatic heterocycles. The summed E-state index contributed by atoms with van der Waals surface area (Å²) in [5, 5.41) is 2.50. The Bertz CT molecular complexity index is 1400. The quantitative estimate of drug-likeness (QED) is 0.323. The molecule has 0 unspecified atom stereocenters. The van der Waals surface area contributed by atoms with E-state index in [1.54, 1.807) is 0 Å². The third-order valence-electron chi connectivity index (χ3n) is 6.08. The zero-order valence-corrected chi connectivity index (χ0v) is 17.2. The first-order valence-corrected chi connectivity index (χ1v) is 10.7. The molecule has 0 amide bonds. The lowest BCUT2D eigenvalue weighted by molar-refractivity contribution is 0.628. The SMILES string of the molecule is CC1(C)c2cc(Sc3ccccc3)ccc2-n2c3ncccc3c3cccc1c32. The summed E-state index contributed by atoms with van der Waals surface area (Å²) in [4.78, 5) is 7.29. The lowest BCUT2D eigenvalue weighted by Crippen LogP contribution is -2.26. The third-order valence-corrected chi connectivity index (χ3v) is 7.08. The van der Waals surface area contributed by atoms with Crippen LogP contribution in [0.3, 0.4) is 0 Å². The maximum Gasteiger partial charge on any atom is 0.145 e. The van der Waals surface area contributed by atoms with Crippen molar-refractivity contribution in [3.05, 3.63) is 96.2 Å². The molecule has 3 aromatic carbocycles. The van der Waals surface area contributed by atoms with Crippen molar-refractivity contribution in [2.24, 2.45) is 0 Å².